The van der Waals surface area contributed by atoms with Crippen LogP contribution in [0.4, 0.5) is 5.69 Å². The molecule has 4 N–H and O–H groups in total. The zero-order chi connectivity index (χ0) is 23.7. The van der Waals surface area contributed by atoms with E-state index in [1.165, 1.54) is 0 Å². The summed E-state index contributed by atoms with van der Waals surface area (Å²) in [5.74, 6) is 0.195. The highest BCUT2D eigenvalue weighted by Crippen LogP contribution is 2.38. The van der Waals surface area contributed by atoms with Crippen LogP contribution in [0.2, 0.25) is 10.0 Å². The Kier molecular flexibility index (Phi) is 7.13. The van der Waals surface area contributed by atoms with E-state index in [0.29, 0.717) is 12.0 Å². The van der Waals surface area contributed by atoms with Crippen LogP contribution < -0.4 is 11.1 Å². The number of carbonyl (C=O) groups excluding carboxylic acids is 1. The zero-order valence-corrected chi connectivity index (χ0v) is 20.4. The van der Waals surface area contributed by atoms with Crippen LogP contribution in [0.5, 0.6) is 5.75 Å². The first-order valence-electron chi connectivity index (χ1n) is 11.4. The number of halogens is 2. The van der Waals surface area contributed by atoms with Gasteiger partial charge in [0.05, 0.1) is 26.8 Å². The lowest BCUT2D eigenvalue weighted by atomic mass is 9.90. The van der Waals surface area contributed by atoms with Crippen molar-refractivity contribution in [1.29, 1.82) is 0 Å². The molecule has 4 rings (SSSR count). The molecule has 0 unspecified atom stereocenters. The number of nitrogens with two attached hydrogens (primary N) is 1. The Morgan fingerprint density at radius 3 is 2.42 bits per heavy atom. The summed E-state index contributed by atoms with van der Waals surface area (Å²) in [6.45, 7) is 4.08. The number of fused-ring (bicyclic) bond motifs is 1. The average Bonchev–Trinajstić information content (AvgIpc) is 2.78. The molecule has 0 amide bonds. The van der Waals surface area contributed by atoms with Gasteiger partial charge in [0.25, 0.3) is 0 Å². The van der Waals surface area contributed by atoms with E-state index in [4.69, 9.17) is 28.9 Å². The van der Waals surface area contributed by atoms with Crippen molar-refractivity contribution in [3.8, 4) is 16.9 Å². The fourth-order valence-electron chi connectivity index (χ4n) is 4.42. The quantitative estimate of drug-likeness (QED) is 0.333. The van der Waals surface area contributed by atoms with Crippen molar-refractivity contribution in [2.45, 2.75) is 58.0 Å². The highest BCUT2D eigenvalue weighted by Gasteiger charge is 2.23. The van der Waals surface area contributed by atoms with Gasteiger partial charge in [0.15, 0.2) is 11.5 Å². The number of hydrogen-bond acceptors (Lipinski definition) is 5. The second-order valence-electron chi connectivity index (χ2n) is 9.34. The highest BCUT2D eigenvalue weighted by molar-refractivity contribution is 6.37. The van der Waals surface area contributed by atoms with E-state index in [9.17, 15) is 9.90 Å². The third-order valence-electron chi connectivity index (χ3n) is 6.23. The average molecular weight is 486 g/mol. The minimum atomic E-state index is -0.135. The predicted octanol–water partition coefficient (Wildman–Crippen LogP) is 6.82. The molecule has 0 bridgehead atoms. The minimum absolute atomic E-state index is 0.0792. The molecule has 1 aliphatic rings. The normalized spacial score (nSPS) is 18.6. The molecule has 174 valence electrons. The van der Waals surface area contributed by atoms with Crippen LogP contribution in [0.3, 0.4) is 0 Å². The Balaban J connectivity index is 1.83. The van der Waals surface area contributed by atoms with Crippen LogP contribution >= 0.6 is 23.2 Å². The number of phenolic OH excluding ortho intramolecular Hbond substituents is 1. The Bertz CT molecular complexity index is 1160. The highest BCUT2D eigenvalue weighted by atomic mass is 35.5. The molecule has 0 saturated heterocycles. The van der Waals surface area contributed by atoms with Gasteiger partial charge < -0.3 is 16.2 Å². The smallest absolute Gasteiger partial charge is 0.166 e. The van der Waals surface area contributed by atoms with Gasteiger partial charge in [-0.1, -0.05) is 43.1 Å². The van der Waals surface area contributed by atoms with Crippen molar-refractivity contribution in [3.63, 3.8) is 0 Å². The van der Waals surface area contributed by atoms with Crippen molar-refractivity contribution < 1.29 is 9.90 Å². The SMILES string of the molecule is CC(C)CC(=O)c1cnc2ccc(-c3cc(Cl)c(O)c(Cl)c3)cc2c1N[C@H]1CC[C@H](N)CC1. The number of rotatable bonds is 6. The van der Waals surface area contributed by atoms with Crippen LogP contribution in [0.1, 0.15) is 56.3 Å². The number of hydrogen-bond donors (Lipinski definition) is 3. The summed E-state index contributed by atoms with van der Waals surface area (Å²) < 4.78 is 0. The summed E-state index contributed by atoms with van der Waals surface area (Å²) in [5.41, 5.74) is 9.98. The number of benzene rings is 2. The second-order valence-corrected chi connectivity index (χ2v) is 10.2. The van der Waals surface area contributed by atoms with Gasteiger partial charge >= 0.3 is 0 Å². The summed E-state index contributed by atoms with van der Waals surface area (Å²) in [6, 6.07) is 9.73. The number of aromatic nitrogens is 1. The third kappa shape index (κ3) is 5.26. The fourth-order valence-corrected chi connectivity index (χ4v) is 4.91. The minimum Gasteiger partial charge on any atom is -0.505 e. The third-order valence-corrected chi connectivity index (χ3v) is 6.81. The molecule has 1 heterocycles. The summed E-state index contributed by atoms with van der Waals surface area (Å²) in [6.07, 6.45) is 6.01. The topological polar surface area (TPSA) is 88.2 Å². The molecule has 5 nitrogen and oxygen atoms in total. The van der Waals surface area contributed by atoms with Crippen LogP contribution in [0.15, 0.2) is 36.5 Å². The molecule has 33 heavy (non-hydrogen) atoms. The first kappa shape index (κ1) is 23.8. The monoisotopic (exact) mass is 485 g/mol. The number of Topliss-reactive ketones (excluding diaryl/α,β-unsaturated/α-hetero) is 1. The number of nitrogens with one attached hydrogen (secondary N) is 1. The van der Waals surface area contributed by atoms with E-state index in [0.717, 1.165) is 53.4 Å². The maximum atomic E-state index is 13.1. The molecule has 1 saturated carbocycles. The predicted molar refractivity (Wildman–Crippen MR) is 137 cm³/mol. The molecule has 0 radical (unpaired) electrons. The molecule has 1 aliphatic carbocycles. The Hall–Kier alpha value is -2.34. The molecule has 0 atom stereocenters. The number of nitrogens with zero attached hydrogens (tertiary/aromatic N) is 1. The fraction of sp³-hybridized carbons (Fsp3) is 0.385. The van der Waals surface area contributed by atoms with Gasteiger partial charge in [-0.05, 0) is 67.0 Å². The number of aromatic hydroxyl groups is 1. The Labute approximate surface area is 204 Å². The molecular weight excluding hydrogens is 457 g/mol. The second kappa shape index (κ2) is 9.88. The van der Waals surface area contributed by atoms with E-state index < -0.39 is 0 Å². The van der Waals surface area contributed by atoms with Crippen LogP contribution in [0.25, 0.3) is 22.0 Å². The van der Waals surface area contributed by atoms with Crippen molar-refractivity contribution >= 4 is 45.6 Å². The summed E-state index contributed by atoms with van der Waals surface area (Å²) in [5, 5.41) is 14.9. The lowest BCUT2D eigenvalue weighted by molar-refractivity contribution is 0.0968. The Morgan fingerprint density at radius 2 is 1.79 bits per heavy atom. The molecule has 0 spiro atoms. The van der Waals surface area contributed by atoms with Gasteiger partial charge in [-0.3, -0.25) is 9.78 Å². The van der Waals surface area contributed by atoms with E-state index >= 15 is 0 Å². The number of ketones is 1. The molecule has 3 aromatic rings. The van der Waals surface area contributed by atoms with Gasteiger partial charge in [0.1, 0.15) is 0 Å². The largest absolute Gasteiger partial charge is 0.505 e. The number of anilines is 1. The van der Waals surface area contributed by atoms with Gasteiger partial charge in [0, 0.05) is 30.1 Å². The molecule has 7 heteroatoms. The number of carbonyl (C=O) groups is 1. The zero-order valence-electron chi connectivity index (χ0n) is 18.9. The Morgan fingerprint density at radius 1 is 1.12 bits per heavy atom. The summed E-state index contributed by atoms with van der Waals surface area (Å²) in [7, 11) is 0. The van der Waals surface area contributed by atoms with Crippen molar-refractivity contribution in [3.05, 3.63) is 52.1 Å². The first-order chi connectivity index (χ1) is 15.7. The molecule has 1 aromatic heterocycles. The maximum Gasteiger partial charge on any atom is 0.166 e. The van der Waals surface area contributed by atoms with E-state index in [2.05, 4.69) is 10.3 Å². The van der Waals surface area contributed by atoms with Crippen molar-refractivity contribution in [2.75, 3.05) is 5.32 Å². The summed E-state index contributed by atoms with van der Waals surface area (Å²) in [4.78, 5) is 17.7. The van der Waals surface area contributed by atoms with Crippen LogP contribution in [-0.4, -0.2) is 28.0 Å². The standard InChI is InChI=1S/C26H29Cl2N3O2/c1-14(2)9-24(32)20-13-30-23-8-3-15(16-11-21(27)26(33)22(28)12-16)10-19(23)25(20)31-18-6-4-17(29)5-7-18/h3,8,10-14,17-18,33H,4-7,9,29H2,1-2H3,(H,30,31)/t17-,18-. The lowest BCUT2D eigenvalue weighted by Crippen LogP contribution is -2.33. The number of pyridine rings is 1. The first-order valence-corrected chi connectivity index (χ1v) is 12.1. The van der Waals surface area contributed by atoms with Crippen molar-refractivity contribution in [2.24, 2.45) is 11.7 Å². The maximum absolute atomic E-state index is 13.1. The van der Waals surface area contributed by atoms with Gasteiger partial charge in [-0.15, -0.1) is 0 Å². The van der Waals surface area contributed by atoms with E-state index in [1.54, 1.807) is 18.3 Å². The van der Waals surface area contributed by atoms with Gasteiger partial charge in [0.2, 0.25) is 0 Å². The van der Waals surface area contributed by atoms with Gasteiger partial charge in [-0.25, -0.2) is 0 Å². The molecule has 2 aromatic carbocycles. The number of phenols is 1. The molecule has 1 fully saturated rings. The van der Waals surface area contributed by atoms with E-state index in [1.807, 2.05) is 32.0 Å². The van der Waals surface area contributed by atoms with Crippen molar-refractivity contribution in [1.82, 2.24) is 4.98 Å². The molecular formula is C26H29Cl2N3O2. The lowest BCUT2D eigenvalue weighted by Gasteiger charge is -2.29. The summed E-state index contributed by atoms with van der Waals surface area (Å²) >= 11 is 12.3. The van der Waals surface area contributed by atoms with Crippen LogP contribution in [0, 0.1) is 5.92 Å². The molecule has 0 aliphatic heterocycles. The van der Waals surface area contributed by atoms with Gasteiger partial charge in [-0.2, -0.15) is 0 Å². The van der Waals surface area contributed by atoms with Crippen LogP contribution in [-0.2, 0) is 0 Å². The van der Waals surface area contributed by atoms with E-state index in [-0.39, 0.29) is 39.6 Å².